The Morgan fingerprint density at radius 1 is 1.04 bits per heavy atom. The van der Waals surface area contributed by atoms with Crippen LogP contribution >= 0.6 is 0 Å². The molecule has 5 rings (SSSR count). The number of aromatic nitrogens is 1. The number of hydrogen-bond donors (Lipinski definition) is 2. The molecule has 0 radical (unpaired) electrons. The lowest BCUT2D eigenvalue weighted by atomic mass is 9.82. The van der Waals surface area contributed by atoms with Crippen LogP contribution in [0, 0.1) is 18.2 Å². The predicted molar refractivity (Wildman–Crippen MR) is 177 cm³/mol. The van der Waals surface area contributed by atoms with E-state index >= 15 is 0 Å². The summed E-state index contributed by atoms with van der Waals surface area (Å²) < 4.78 is 24.8. The zero-order valence-corrected chi connectivity index (χ0v) is 26.9. The number of nitrogens with zero attached hydrogens (tertiary/aromatic N) is 3. The number of nitrogens with one attached hydrogen (secondary N) is 1. The first-order valence-corrected chi connectivity index (χ1v) is 16.2. The Hall–Kier alpha value is -3.69. The fourth-order valence-electron chi connectivity index (χ4n) is 6.16. The molecule has 3 heterocycles. The number of piperidine rings is 1. The molecule has 1 aromatic heterocycles. The van der Waals surface area contributed by atoms with E-state index < -0.39 is 5.97 Å². The molecule has 0 aliphatic carbocycles. The van der Waals surface area contributed by atoms with Gasteiger partial charge in [-0.1, -0.05) is 38.1 Å². The third-order valence-electron chi connectivity index (χ3n) is 9.00. The zero-order chi connectivity index (χ0) is 31.8. The highest BCUT2D eigenvalue weighted by Crippen LogP contribution is 2.43. The first kappa shape index (κ1) is 32.7. The quantitative estimate of drug-likeness (QED) is 0.219. The van der Waals surface area contributed by atoms with Crippen LogP contribution < -0.4 is 15.0 Å². The molecule has 0 saturated carbocycles. The van der Waals surface area contributed by atoms with Crippen molar-refractivity contribution >= 4 is 17.5 Å². The van der Waals surface area contributed by atoms with Crippen LogP contribution in [0.3, 0.4) is 0 Å². The molecule has 0 amide bonds. The normalized spacial score (nSPS) is 16.8. The largest absolute Gasteiger partial charge is 0.493 e. The van der Waals surface area contributed by atoms with Gasteiger partial charge in [-0.05, 0) is 73.5 Å². The van der Waals surface area contributed by atoms with Crippen molar-refractivity contribution in [2.75, 3.05) is 69.3 Å². The summed E-state index contributed by atoms with van der Waals surface area (Å²) in [5, 5.41) is 13.6. The number of hydrogen-bond acceptors (Lipinski definition) is 7. The van der Waals surface area contributed by atoms with E-state index in [2.05, 4.69) is 29.0 Å². The van der Waals surface area contributed by atoms with Crippen LogP contribution in [-0.4, -0.2) is 80.0 Å². The van der Waals surface area contributed by atoms with Crippen LogP contribution in [0.1, 0.15) is 49.9 Å². The molecule has 9 heteroatoms. The van der Waals surface area contributed by atoms with E-state index in [4.69, 9.17) is 14.5 Å². The van der Waals surface area contributed by atoms with Crippen molar-refractivity contribution in [2.24, 2.45) is 5.41 Å². The van der Waals surface area contributed by atoms with Gasteiger partial charge in [0.15, 0.2) is 0 Å². The number of carboxylic acids is 1. The zero-order valence-electron chi connectivity index (χ0n) is 26.9. The van der Waals surface area contributed by atoms with Crippen molar-refractivity contribution in [1.29, 1.82) is 0 Å². The maximum Gasteiger partial charge on any atom is 0.307 e. The molecule has 0 spiro atoms. The molecule has 3 aromatic rings. The van der Waals surface area contributed by atoms with Gasteiger partial charge < -0.3 is 24.8 Å². The number of aliphatic carboxylic acids is 1. The first-order valence-electron chi connectivity index (χ1n) is 16.2. The summed E-state index contributed by atoms with van der Waals surface area (Å²) in [6.07, 6.45) is 3.62. The number of pyridine rings is 1. The number of morpholine rings is 1. The monoisotopic (exact) mass is 618 g/mol. The van der Waals surface area contributed by atoms with E-state index in [9.17, 15) is 14.3 Å². The fraction of sp³-hybridized carbons (Fsp3) is 0.500. The molecule has 2 N–H and O–H groups in total. The Kier molecular flexibility index (Phi) is 10.9. The van der Waals surface area contributed by atoms with E-state index in [1.807, 2.05) is 31.2 Å². The van der Waals surface area contributed by atoms with Gasteiger partial charge in [0.2, 0.25) is 0 Å². The molecular formula is C36H47FN4O4. The summed E-state index contributed by atoms with van der Waals surface area (Å²) >= 11 is 0. The number of benzene rings is 2. The van der Waals surface area contributed by atoms with Gasteiger partial charge in [0.25, 0.3) is 0 Å². The third kappa shape index (κ3) is 8.95. The predicted octanol–water partition coefficient (Wildman–Crippen LogP) is 6.21. The molecular weight excluding hydrogens is 571 g/mol. The van der Waals surface area contributed by atoms with Crippen LogP contribution in [0.5, 0.6) is 5.75 Å². The minimum Gasteiger partial charge on any atom is -0.493 e. The molecule has 0 bridgehead atoms. The average molecular weight is 619 g/mol. The molecule has 8 nitrogen and oxygen atoms in total. The number of carbonyl (C=O) groups is 1. The maximum atomic E-state index is 13.3. The minimum atomic E-state index is -0.861. The summed E-state index contributed by atoms with van der Waals surface area (Å²) in [4.78, 5) is 21.9. The lowest BCUT2D eigenvalue weighted by molar-refractivity contribution is -0.136. The van der Waals surface area contributed by atoms with Crippen molar-refractivity contribution < 1.29 is 23.8 Å². The topological polar surface area (TPSA) is 87.2 Å². The third-order valence-corrected chi connectivity index (χ3v) is 9.00. The van der Waals surface area contributed by atoms with Gasteiger partial charge in [-0.15, -0.1) is 0 Å². The summed E-state index contributed by atoms with van der Waals surface area (Å²) in [7, 11) is 0. The lowest BCUT2D eigenvalue weighted by Gasteiger charge is -2.40. The summed E-state index contributed by atoms with van der Waals surface area (Å²) in [6.45, 7) is 14.0. The second kappa shape index (κ2) is 15.1. The highest BCUT2D eigenvalue weighted by molar-refractivity contribution is 5.91. The molecule has 2 saturated heterocycles. The highest BCUT2D eigenvalue weighted by Gasteiger charge is 2.31. The van der Waals surface area contributed by atoms with Gasteiger partial charge in [-0.25, -0.2) is 9.37 Å². The van der Waals surface area contributed by atoms with Crippen LogP contribution in [0.25, 0.3) is 11.1 Å². The smallest absolute Gasteiger partial charge is 0.307 e. The molecule has 2 aromatic carbocycles. The number of halogens is 1. The van der Waals surface area contributed by atoms with Gasteiger partial charge in [0, 0.05) is 56.0 Å². The highest BCUT2D eigenvalue weighted by atomic mass is 19.1. The van der Waals surface area contributed by atoms with Crippen molar-refractivity contribution in [1.82, 2.24) is 9.88 Å². The summed E-state index contributed by atoms with van der Waals surface area (Å²) in [5.41, 5.74) is 5.67. The Morgan fingerprint density at radius 2 is 1.73 bits per heavy atom. The molecule has 0 unspecified atom stereocenters. The van der Waals surface area contributed by atoms with Crippen LogP contribution in [0.4, 0.5) is 15.9 Å². The molecule has 2 fully saturated rings. The van der Waals surface area contributed by atoms with E-state index in [-0.39, 0.29) is 17.7 Å². The molecule has 45 heavy (non-hydrogen) atoms. The van der Waals surface area contributed by atoms with Crippen LogP contribution in [-0.2, 0) is 22.4 Å². The first-order chi connectivity index (χ1) is 21.7. The van der Waals surface area contributed by atoms with Crippen molar-refractivity contribution in [3.05, 3.63) is 71.2 Å². The SMILES string of the molecule is Cc1nc(NCCCN2CCOCC2)c(-c2ccc(OCCc3ccc(F)cc3)cc2)c(N2CCC(C)(C)CC2)c1CC(=O)O. The Bertz CT molecular complexity index is 1410. The number of ether oxygens (including phenoxy) is 2. The fourth-order valence-corrected chi connectivity index (χ4v) is 6.16. The number of rotatable bonds is 13. The lowest BCUT2D eigenvalue weighted by Crippen LogP contribution is -2.38. The molecule has 0 atom stereocenters. The summed E-state index contributed by atoms with van der Waals surface area (Å²) in [5.74, 6) is 0.424. The van der Waals surface area contributed by atoms with E-state index in [1.165, 1.54) is 12.1 Å². The van der Waals surface area contributed by atoms with Crippen LogP contribution in [0.2, 0.25) is 0 Å². The minimum absolute atomic E-state index is 0.0804. The second-order valence-corrected chi connectivity index (χ2v) is 13.0. The van der Waals surface area contributed by atoms with E-state index in [0.29, 0.717) is 13.0 Å². The number of anilines is 2. The van der Waals surface area contributed by atoms with Gasteiger partial charge >= 0.3 is 5.97 Å². The number of carboxylic acid groups (broad SMARTS) is 1. The Morgan fingerprint density at radius 3 is 2.40 bits per heavy atom. The van der Waals surface area contributed by atoms with E-state index in [0.717, 1.165) is 117 Å². The maximum absolute atomic E-state index is 13.3. The molecule has 2 aliphatic rings. The standard InChI is InChI=1S/C36H47FN4O4/c1-26-31(25-32(42)43)34(41-18-14-36(2,3)15-19-41)33(35(39-26)38-16-4-17-40-20-23-44-24-21-40)28-7-11-30(12-8-28)45-22-13-27-5-9-29(37)10-6-27/h5-12H,4,13-25H2,1-3H3,(H,38,39)(H,42,43). The molecule has 242 valence electrons. The number of aryl methyl sites for hydroxylation is 1. The van der Waals surface area contributed by atoms with Gasteiger partial charge in [-0.2, -0.15) is 0 Å². The van der Waals surface area contributed by atoms with E-state index in [1.54, 1.807) is 12.1 Å². The second-order valence-electron chi connectivity index (χ2n) is 13.0. The van der Waals surface area contributed by atoms with Gasteiger partial charge in [-0.3, -0.25) is 9.69 Å². The van der Waals surface area contributed by atoms with Crippen molar-refractivity contribution in [3.8, 4) is 16.9 Å². The average Bonchev–Trinajstić information content (AvgIpc) is 3.02. The Balaban J connectivity index is 1.42. The van der Waals surface area contributed by atoms with Crippen molar-refractivity contribution in [3.63, 3.8) is 0 Å². The Labute approximate surface area is 266 Å². The van der Waals surface area contributed by atoms with Crippen LogP contribution in [0.15, 0.2) is 48.5 Å². The molecule has 2 aliphatic heterocycles. The van der Waals surface area contributed by atoms with Crippen molar-refractivity contribution in [2.45, 2.75) is 52.9 Å². The van der Waals surface area contributed by atoms with Gasteiger partial charge in [0.05, 0.1) is 31.9 Å². The summed E-state index contributed by atoms with van der Waals surface area (Å²) in [6, 6.07) is 14.5. The van der Waals surface area contributed by atoms with Gasteiger partial charge in [0.1, 0.15) is 17.4 Å².